The first kappa shape index (κ1) is 21.8. The molecule has 1 aromatic heterocycles. The van der Waals surface area contributed by atoms with Gasteiger partial charge < -0.3 is 4.90 Å². The molecule has 0 fully saturated rings. The van der Waals surface area contributed by atoms with Gasteiger partial charge in [0.15, 0.2) is 0 Å². The molecule has 0 radical (unpaired) electrons. The van der Waals surface area contributed by atoms with Crippen LogP contribution < -0.4 is 4.90 Å². The van der Waals surface area contributed by atoms with Crippen LogP contribution in [0.15, 0.2) is 146 Å². The highest BCUT2D eigenvalue weighted by Gasteiger charge is 2.22. The van der Waals surface area contributed by atoms with Gasteiger partial charge in [-0.3, -0.25) is 4.98 Å². The van der Waals surface area contributed by atoms with E-state index in [0.29, 0.717) is 0 Å². The van der Waals surface area contributed by atoms with Crippen molar-refractivity contribution in [3.05, 3.63) is 146 Å². The van der Waals surface area contributed by atoms with Crippen LogP contribution >= 0.6 is 0 Å². The van der Waals surface area contributed by atoms with Crippen molar-refractivity contribution in [1.29, 1.82) is 0 Å². The molecule has 2 nitrogen and oxygen atoms in total. The monoisotopic (exact) mass is 496 g/mol. The van der Waals surface area contributed by atoms with E-state index in [-0.39, 0.29) is 0 Å². The first-order valence-corrected chi connectivity index (χ1v) is 13.3. The van der Waals surface area contributed by atoms with Gasteiger partial charge >= 0.3 is 0 Å². The van der Waals surface area contributed by atoms with E-state index in [4.69, 9.17) is 4.98 Å². The third-order valence-corrected chi connectivity index (χ3v) is 7.83. The molecule has 8 rings (SSSR count). The lowest BCUT2D eigenvalue weighted by molar-refractivity contribution is 1.26. The minimum Gasteiger partial charge on any atom is -0.309 e. The number of rotatable bonds is 4. The SMILES string of the molecule is c1ccc(N(c2ccc(-c3ccc4c5c(cccc35)-c3ccccc3-4)cc2)c2cnc3ccccc3c2)cc1. The molecule has 1 aliphatic rings. The average molecular weight is 497 g/mol. The molecule has 0 amide bonds. The van der Waals surface area contributed by atoms with Crippen molar-refractivity contribution >= 4 is 38.7 Å². The molecule has 0 bridgehead atoms. The zero-order valence-electron chi connectivity index (χ0n) is 21.3. The van der Waals surface area contributed by atoms with E-state index in [2.05, 4.69) is 138 Å². The van der Waals surface area contributed by atoms with Crippen LogP contribution in [0.3, 0.4) is 0 Å². The number of para-hydroxylation sites is 2. The summed E-state index contributed by atoms with van der Waals surface area (Å²) in [5, 5.41) is 3.78. The number of pyridine rings is 1. The van der Waals surface area contributed by atoms with Crippen LogP contribution in [-0.4, -0.2) is 4.98 Å². The maximum absolute atomic E-state index is 4.75. The van der Waals surface area contributed by atoms with Gasteiger partial charge in [0.2, 0.25) is 0 Å². The summed E-state index contributed by atoms with van der Waals surface area (Å²) in [7, 11) is 0. The normalized spacial score (nSPS) is 11.6. The van der Waals surface area contributed by atoms with Crippen molar-refractivity contribution < 1.29 is 0 Å². The number of anilines is 3. The van der Waals surface area contributed by atoms with Crippen molar-refractivity contribution in [2.45, 2.75) is 0 Å². The molecule has 0 N–H and O–H groups in total. The van der Waals surface area contributed by atoms with Crippen LogP contribution in [0.1, 0.15) is 0 Å². The second-order valence-electron chi connectivity index (χ2n) is 10.0. The molecule has 0 saturated heterocycles. The molecule has 39 heavy (non-hydrogen) atoms. The maximum Gasteiger partial charge on any atom is 0.0703 e. The highest BCUT2D eigenvalue weighted by molar-refractivity contribution is 6.18. The van der Waals surface area contributed by atoms with Gasteiger partial charge in [0.1, 0.15) is 0 Å². The van der Waals surface area contributed by atoms with Crippen LogP contribution in [0.5, 0.6) is 0 Å². The van der Waals surface area contributed by atoms with Crippen LogP contribution in [0.25, 0.3) is 55.1 Å². The lowest BCUT2D eigenvalue weighted by Gasteiger charge is -2.25. The van der Waals surface area contributed by atoms with Gasteiger partial charge in [0, 0.05) is 16.8 Å². The lowest BCUT2D eigenvalue weighted by Crippen LogP contribution is -2.10. The highest BCUT2D eigenvalue weighted by atomic mass is 15.1. The Bertz CT molecular complexity index is 1980. The Labute approximate surface area is 227 Å². The van der Waals surface area contributed by atoms with Crippen molar-refractivity contribution in [1.82, 2.24) is 4.98 Å². The largest absolute Gasteiger partial charge is 0.309 e. The van der Waals surface area contributed by atoms with Crippen LogP contribution in [-0.2, 0) is 0 Å². The van der Waals surface area contributed by atoms with Crippen molar-refractivity contribution in [2.24, 2.45) is 0 Å². The predicted octanol–water partition coefficient (Wildman–Crippen LogP) is 10.2. The van der Waals surface area contributed by atoms with Gasteiger partial charge in [-0.1, -0.05) is 103 Å². The van der Waals surface area contributed by atoms with Crippen LogP contribution in [0.2, 0.25) is 0 Å². The van der Waals surface area contributed by atoms with Crippen molar-refractivity contribution in [3.8, 4) is 33.4 Å². The smallest absolute Gasteiger partial charge is 0.0703 e. The number of aromatic nitrogens is 1. The van der Waals surface area contributed by atoms with Crippen LogP contribution in [0.4, 0.5) is 17.1 Å². The molecular formula is C37H24N2. The molecular weight excluding hydrogens is 472 g/mol. The van der Waals surface area contributed by atoms with Gasteiger partial charge in [-0.25, -0.2) is 0 Å². The number of fused-ring (bicyclic) bond motifs is 4. The molecule has 0 atom stereocenters. The molecule has 0 aliphatic heterocycles. The van der Waals surface area contributed by atoms with Crippen LogP contribution in [0, 0.1) is 0 Å². The maximum atomic E-state index is 4.75. The van der Waals surface area contributed by atoms with E-state index in [0.717, 1.165) is 28.0 Å². The predicted molar refractivity (Wildman–Crippen MR) is 164 cm³/mol. The summed E-state index contributed by atoms with van der Waals surface area (Å²) in [6, 6.07) is 49.9. The second kappa shape index (κ2) is 8.68. The Morgan fingerprint density at radius 2 is 1.08 bits per heavy atom. The molecule has 182 valence electrons. The fourth-order valence-electron chi connectivity index (χ4n) is 6.06. The summed E-state index contributed by atoms with van der Waals surface area (Å²) in [5.74, 6) is 0. The fraction of sp³-hybridized carbons (Fsp3) is 0. The molecule has 0 spiro atoms. The van der Waals surface area contributed by atoms with Gasteiger partial charge in [0.25, 0.3) is 0 Å². The fourth-order valence-corrected chi connectivity index (χ4v) is 6.06. The Morgan fingerprint density at radius 3 is 1.90 bits per heavy atom. The third kappa shape index (κ3) is 3.46. The average Bonchev–Trinajstić information content (AvgIpc) is 3.34. The summed E-state index contributed by atoms with van der Waals surface area (Å²) in [5.41, 5.74) is 12.0. The lowest BCUT2D eigenvalue weighted by atomic mass is 9.94. The summed E-state index contributed by atoms with van der Waals surface area (Å²) >= 11 is 0. The molecule has 0 unspecified atom stereocenters. The second-order valence-corrected chi connectivity index (χ2v) is 10.0. The first-order chi connectivity index (χ1) is 19.3. The summed E-state index contributed by atoms with van der Waals surface area (Å²) in [6.07, 6.45) is 1.96. The summed E-state index contributed by atoms with van der Waals surface area (Å²) in [4.78, 5) is 7.02. The van der Waals surface area contributed by atoms with Crippen molar-refractivity contribution in [2.75, 3.05) is 4.90 Å². The van der Waals surface area contributed by atoms with E-state index in [1.807, 2.05) is 12.3 Å². The van der Waals surface area contributed by atoms with E-state index in [1.54, 1.807) is 0 Å². The Balaban J connectivity index is 1.24. The zero-order valence-corrected chi connectivity index (χ0v) is 21.3. The van der Waals surface area contributed by atoms with E-state index >= 15 is 0 Å². The number of benzene rings is 6. The zero-order chi connectivity index (χ0) is 25.8. The Morgan fingerprint density at radius 1 is 0.436 bits per heavy atom. The minimum atomic E-state index is 0.999. The molecule has 1 aliphatic carbocycles. The molecule has 0 saturated carbocycles. The molecule has 1 heterocycles. The van der Waals surface area contributed by atoms with E-state index in [9.17, 15) is 0 Å². The molecule has 2 heteroatoms. The number of hydrogen-bond acceptors (Lipinski definition) is 2. The molecule has 7 aromatic rings. The highest BCUT2D eigenvalue weighted by Crippen LogP contribution is 2.49. The van der Waals surface area contributed by atoms with Gasteiger partial charge in [-0.05, 0) is 80.6 Å². The van der Waals surface area contributed by atoms with Gasteiger partial charge in [0.05, 0.1) is 17.4 Å². The summed E-state index contributed by atoms with van der Waals surface area (Å²) < 4.78 is 0. The number of nitrogens with zero attached hydrogens (tertiary/aromatic N) is 2. The third-order valence-electron chi connectivity index (χ3n) is 7.83. The quantitative estimate of drug-likeness (QED) is 0.241. The van der Waals surface area contributed by atoms with Gasteiger partial charge in [-0.2, -0.15) is 0 Å². The standard InChI is InChI=1S/C37H24N2/c1-2-10-27(11-3-1)39(29-23-26-9-4-7-16-36(26)38-24-29)28-19-17-25(18-20-28)30-21-22-35-32-13-6-5-12-31(32)34-15-8-14-33(30)37(34)35/h1-24H. The first-order valence-electron chi connectivity index (χ1n) is 13.3. The van der Waals surface area contributed by atoms with E-state index < -0.39 is 0 Å². The topological polar surface area (TPSA) is 16.1 Å². The van der Waals surface area contributed by atoms with Crippen molar-refractivity contribution in [3.63, 3.8) is 0 Å². The number of hydrogen-bond donors (Lipinski definition) is 0. The minimum absolute atomic E-state index is 0.999. The Hall–Kier alpha value is -5.21. The van der Waals surface area contributed by atoms with Gasteiger partial charge in [-0.15, -0.1) is 0 Å². The van der Waals surface area contributed by atoms with E-state index in [1.165, 1.54) is 44.2 Å². The Kier molecular flexibility index (Phi) is 4.86. The summed E-state index contributed by atoms with van der Waals surface area (Å²) in [6.45, 7) is 0. The molecule has 6 aromatic carbocycles.